The molecule has 2 bridgehead atoms. The number of aromatic amines is 1. The minimum atomic E-state index is -4.20. The van der Waals surface area contributed by atoms with E-state index < -0.39 is 76.2 Å². The molecule has 1 aromatic heterocycles. The zero-order valence-electron chi connectivity index (χ0n) is 29.0. The number of esters is 2. The summed E-state index contributed by atoms with van der Waals surface area (Å²) in [6.07, 6.45) is 1.75. The van der Waals surface area contributed by atoms with Crippen LogP contribution in [0.25, 0.3) is 0 Å². The van der Waals surface area contributed by atoms with Crippen LogP contribution < -0.4 is 4.72 Å². The monoisotopic (exact) mass is 714 g/mol. The van der Waals surface area contributed by atoms with Gasteiger partial charge in [0.2, 0.25) is 0 Å². The maximum absolute atomic E-state index is 13.4. The number of aliphatic hydroxyl groups excluding tert-OH is 1. The van der Waals surface area contributed by atoms with Gasteiger partial charge in [-0.15, -0.1) is 0 Å². The molecule has 3 aliphatic rings. The van der Waals surface area contributed by atoms with Gasteiger partial charge >= 0.3 is 18.0 Å². The van der Waals surface area contributed by atoms with Crippen LogP contribution in [0.15, 0.2) is 77.4 Å². The molecule has 5 rings (SSSR count). The fraction of sp³-hybridized carbons (Fsp3) is 0.528. The Kier molecular flexibility index (Phi) is 11.3. The second-order valence-corrected chi connectivity index (χ2v) is 15.2. The van der Waals surface area contributed by atoms with E-state index in [-0.39, 0.29) is 34.8 Å². The lowest BCUT2D eigenvalue weighted by atomic mass is 9.69. The van der Waals surface area contributed by atoms with Crippen LogP contribution >= 0.6 is 0 Å². The highest BCUT2D eigenvalue weighted by Gasteiger charge is 2.58. The molecule has 0 radical (unpaired) electrons. The number of amides is 1. The van der Waals surface area contributed by atoms with E-state index in [1.807, 2.05) is 36.8 Å². The van der Waals surface area contributed by atoms with Crippen LogP contribution in [-0.4, -0.2) is 85.9 Å². The van der Waals surface area contributed by atoms with E-state index in [9.17, 15) is 27.9 Å². The van der Waals surface area contributed by atoms with Gasteiger partial charge in [-0.1, -0.05) is 50.3 Å². The normalized spacial score (nSPS) is 31.5. The van der Waals surface area contributed by atoms with Crippen LogP contribution in [0.1, 0.15) is 57.9 Å². The van der Waals surface area contributed by atoms with E-state index in [0.29, 0.717) is 6.42 Å². The van der Waals surface area contributed by atoms with E-state index in [1.165, 1.54) is 31.4 Å². The van der Waals surface area contributed by atoms with Crippen molar-refractivity contribution < 1.29 is 51.6 Å². The number of fused-ring (bicyclic) bond motifs is 1. The number of nitrogens with one attached hydrogen (secondary N) is 2. The van der Waals surface area contributed by atoms with E-state index in [0.717, 1.165) is 5.57 Å². The maximum atomic E-state index is 13.4. The maximum Gasteiger partial charge on any atom is 0.421 e. The van der Waals surface area contributed by atoms with E-state index in [2.05, 4.69) is 4.98 Å². The molecule has 1 aliphatic carbocycles. The van der Waals surface area contributed by atoms with Crippen molar-refractivity contribution in [2.75, 3.05) is 7.11 Å². The molecule has 1 fully saturated rings. The van der Waals surface area contributed by atoms with Gasteiger partial charge in [-0.3, -0.25) is 0 Å². The van der Waals surface area contributed by atoms with E-state index >= 15 is 0 Å². The number of hydrogen-bond acceptors (Lipinski definition) is 11. The highest BCUT2D eigenvalue weighted by molar-refractivity contribution is 7.90. The van der Waals surface area contributed by atoms with Gasteiger partial charge in [-0.2, -0.15) is 0 Å². The van der Waals surface area contributed by atoms with Crippen LogP contribution in [0.4, 0.5) is 4.79 Å². The third-order valence-corrected chi connectivity index (χ3v) is 11.5. The molecule has 14 heteroatoms. The minimum absolute atomic E-state index is 0.102. The molecule has 1 unspecified atom stereocenters. The van der Waals surface area contributed by atoms with Crippen molar-refractivity contribution in [1.29, 1.82) is 0 Å². The third-order valence-electron chi connectivity index (χ3n) is 10.1. The Morgan fingerprint density at radius 1 is 1.06 bits per heavy atom. The summed E-state index contributed by atoms with van der Waals surface area (Å²) in [4.78, 5) is 42.3. The van der Waals surface area contributed by atoms with E-state index in [1.54, 1.807) is 45.2 Å². The Morgan fingerprint density at radius 2 is 1.78 bits per heavy atom. The summed E-state index contributed by atoms with van der Waals surface area (Å²) in [5.74, 6) is -2.87. The number of benzene rings is 1. The number of hydrogen-bond donors (Lipinski definition) is 3. The van der Waals surface area contributed by atoms with Gasteiger partial charge in [0.25, 0.3) is 10.0 Å². The lowest BCUT2D eigenvalue weighted by Gasteiger charge is -2.41. The Hall–Kier alpha value is -3.98. The number of aromatic nitrogens is 1. The van der Waals surface area contributed by atoms with Crippen molar-refractivity contribution >= 4 is 28.1 Å². The largest absolute Gasteiger partial charge is 0.457 e. The quantitative estimate of drug-likeness (QED) is 0.182. The molecule has 2 aromatic rings. The molecule has 2 aliphatic heterocycles. The third kappa shape index (κ3) is 7.68. The molecule has 3 heterocycles. The van der Waals surface area contributed by atoms with Gasteiger partial charge in [-0.25, -0.2) is 27.5 Å². The van der Waals surface area contributed by atoms with E-state index in [4.69, 9.17) is 23.7 Å². The van der Waals surface area contributed by atoms with Crippen molar-refractivity contribution in [2.24, 2.45) is 23.7 Å². The number of carbonyl (C=O) groups excluding carboxylic acids is 3. The van der Waals surface area contributed by atoms with Gasteiger partial charge in [0, 0.05) is 37.0 Å². The van der Waals surface area contributed by atoms with Crippen molar-refractivity contribution in [2.45, 2.75) is 94.6 Å². The Labute approximate surface area is 292 Å². The number of methoxy groups -OCH3 is 1. The highest BCUT2D eigenvalue weighted by Crippen LogP contribution is 2.53. The smallest absolute Gasteiger partial charge is 0.421 e. The molecular weight excluding hydrogens is 668 g/mol. The number of ether oxygens (including phenoxy) is 5. The minimum Gasteiger partial charge on any atom is -0.457 e. The fourth-order valence-corrected chi connectivity index (χ4v) is 8.18. The molecule has 272 valence electrons. The molecule has 0 saturated carbocycles. The molecule has 1 spiro atoms. The van der Waals surface area contributed by atoms with Crippen molar-refractivity contribution in [3.05, 3.63) is 78.2 Å². The number of sulfonamides is 1. The first kappa shape index (κ1) is 37.3. The summed E-state index contributed by atoms with van der Waals surface area (Å²) < 4.78 is 57.6. The van der Waals surface area contributed by atoms with Crippen LogP contribution in [0.2, 0.25) is 0 Å². The van der Waals surface area contributed by atoms with Gasteiger partial charge in [0.05, 0.1) is 16.6 Å². The first-order valence-corrected chi connectivity index (χ1v) is 18.2. The summed E-state index contributed by atoms with van der Waals surface area (Å²) in [5.41, 5.74) is 0.143. The predicted octanol–water partition coefficient (Wildman–Crippen LogP) is 4.30. The first-order valence-electron chi connectivity index (χ1n) is 16.8. The van der Waals surface area contributed by atoms with Gasteiger partial charge < -0.3 is 33.8 Å². The van der Waals surface area contributed by atoms with Gasteiger partial charge in [0.1, 0.15) is 30.1 Å². The standard InChI is InChI=1S/C36H46N2O11S/c1-20-17-21(2)36-19-25(14-15-26(36)18-29(45-6)34(41)47-30(20)23(4)39)32(49-36)31(48-33(40)28-13-10-16-37-28)22(3)24(5)46-35(42)38-50(43,44)27-11-8-7-9-12-27/h7-17,20,22-26,29-32,37,39H,18-19H2,1-6H3,(H,38,42)/b21-17+/t20-,22-,23-,24+,25-,26?,29+,30+,31-,32-,36+/m1/s1. The predicted molar refractivity (Wildman–Crippen MR) is 180 cm³/mol. The lowest BCUT2D eigenvalue weighted by Crippen LogP contribution is -2.48. The summed E-state index contributed by atoms with van der Waals surface area (Å²) in [6, 6.07) is 10.7. The summed E-state index contributed by atoms with van der Waals surface area (Å²) in [6.45, 7) is 8.70. The van der Waals surface area contributed by atoms with Crippen LogP contribution in [0.3, 0.4) is 0 Å². The molecular formula is C36H46N2O11S. The molecule has 1 amide bonds. The summed E-state index contributed by atoms with van der Waals surface area (Å²) in [7, 11) is -2.76. The number of aliphatic hydroxyl groups is 1. The molecule has 1 aromatic carbocycles. The average molecular weight is 715 g/mol. The molecule has 13 nitrogen and oxygen atoms in total. The van der Waals surface area contributed by atoms with Crippen molar-refractivity contribution in [3.63, 3.8) is 0 Å². The second-order valence-electron chi connectivity index (χ2n) is 13.5. The molecule has 50 heavy (non-hydrogen) atoms. The second kappa shape index (κ2) is 15.1. The van der Waals surface area contributed by atoms with Crippen molar-refractivity contribution in [3.8, 4) is 0 Å². The fourth-order valence-electron chi connectivity index (χ4n) is 7.28. The SMILES string of the molecule is CO[C@H]1CC2C=C[C@@H]3C[C@]2(O[C@H]3[C@H](OC(=O)c2ccc[nH]2)[C@H](C)[C@H](C)OC(=O)NS(=O)(=O)c2ccccc2)/C(C)=C/[C@@H](C)[C@@H]([C@@H](C)O)OC1=O. The molecule has 3 N–H and O–H groups in total. The summed E-state index contributed by atoms with van der Waals surface area (Å²) in [5, 5.41) is 10.5. The summed E-state index contributed by atoms with van der Waals surface area (Å²) >= 11 is 0. The Morgan fingerprint density at radius 3 is 2.42 bits per heavy atom. The number of cyclic esters (lactones) is 1. The number of rotatable bonds is 10. The van der Waals surface area contributed by atoms with Gasteiger partial charge in [0.15, 0.2) is 6.10 Å². The van der Waals surface area contributed by atoms with Crippen LogP contribution in [-0.2, 0) is 38.5 Å². The number of carbonyl (C=O) groups is 3. The molecule has 11 atom stereocenters. The highest BCUT2D eigenvalue weighted by atomic mass is 32.2. The average Bonchev–Trinajstić information content (AvgIpc) is 3.72. The number of H-pyrrole nitrogens is 1. The zero-order valence-corrected chi connectivity index (χ0v) is 29.8. The Balaban J connectivity index is 1.46. The van der Waals surface area contributed by atoms with Crippen LogP contribution in [0.5, 0.6) is 0 Å². The first-order chi connectivity index (χ1) is 23.7. The Bertz CT molecular complexity index is 1690. The van der Waals surface area contributed by atoms with Crippen molar-refractivity contribution in [1.82, 2.24) is 9.71 Å². The lowest BCUT2D eigenvalue weighted by molar-refractivity contribution is -0.172. The van der Waals surface area contributed by atoms with Crippen LogP contribution in [0, 0.1) is 23.7 Å². The molecule has 1 saturated heterocycles. The topological polar surface area (TPSA) is 180 Å². The zero-order chi connectivity index (χ0) is 36.4. The van der Waals surface area contributed by atoms with Gasteiger partial charge in [-0.05, 0) is 63.5 Å².